The topological polar surface area (TPSA) is 52.4 Å². The minimum absolute atomic E-state index is 0.0558. The summed E-state index contributed by atoms with van der Waals surface area (Å²) in [5.41, 5.74) is -0.0558. The van der Waals surface area contributed by atoms with Crippen LogP contribution < -0.4 is 4.74 Å². The highest BCUT2D eigenvalue weighted by molar-refractivity contribution is 5.47. The summed E-state index contributed by atoms with van der Waals surface area (Å²) in [6, 6.07) is 16.0. The predicted octanol–water partition coefficient (Wildman–Crippen LogP) is 3.19. The van der Waals surface area contributed by atoms with Crippen LogP contribution in [0.1, 0.15) is 0 Å². The molecule has 0 saturated carbocycles. The number of nitro groups is 1. The van der Waals surface area contributed by atoms with E-state index in [0.717, 1.165) is 0 Å². The maximum Gasteiger partial charge on any atom is 0.311 e. The van der Waals surface area contributed by atoms with Crippen LogP contribution in [0, 0.1) is 16.2 Å². The fourth-order valence-electron chi connectivity index (χ4n) is 1.25. The highest BCUT2D eigenvalue weighted by Gasteiger charge is 2.13. The second-order valence-electron chi connectivity index (χ2n) is 3.05. The van der Waals surface area contributed by atoms with E-state index in [2.05, 4.69) is 6.07 Å². The molecule has 0 aliphatic rings. The Labute approximate surface area is 92.3 Å². The maximum absolute atomic E-state index is 10.7. The lowest BCUT2D eigenvalue weighted by atomic mass is 10.3. The maximum atomic E-state index is 10.7. The van der Waals surface area contributed by atoms with Crippen LogP contribution in [0.3, 0.4) is 0 Å². The molecular formula is C12H8NO3. The number of hydrogen-bond donors (Lipinski definition) is 0. The van der Waals surface area contributed by atoms with E-state index in [1.165, 1.54) is 6.07 Å². The standard InChI is InChI=1S/C12H8NO3/c14-13(15)11-8-4-5-9-12(11)16-10-6-2-1-3-7-10/h1-6,8-9H. The molecule has 4 heteroatoms. The van der Waals surface area contributed by atoms with Gasteiger partial charge in [-0.25, -0.2) is 0 Å². The van der Waals surface area contributed by atoms with Gasteiger partial charge in [-0.05, 0) is 12.1 Å². The van der Waals surface area contributed by atoms with E-state index in [1.807, 2.05) is 0 Å². The molecular weight excluding hydrogens is 206 g/mol. The van der Waals surface area contributed by atoms with E-state index in [9.17, 15) is 10.1 Å². The summed E-state index contributed by atoms with van der Waals surface area (Å²) in [7, 11) is 0. The van der Waals surface area contributed by atoms with Crippen molar-refractivity contribution in [3.63, 3.8) is 0 Å². The molecule has 1 radical (unpaired) electrons. The Kier molecular flexibility index (Phi) is 2.82. The molecule has 0 unspecified atom stereocenters. The summed E-state index contributed by atoms with van der Waals surface area (Å²) >= 11 is 0. The Morgan fingerprint density at radius 1 is 1.12 bits per heavy atom. The van der Waals surface area contributed by atoms with Crippen LogP contribution in [0.5, 0.6) is 11.5 Å². The molecule has 0 atom stereocenters. The van der Waals surface area contributed by atoms with Crippen molar-refractivity contribution in [2.45, 2.75) is 0 Å². The summed E-state index contributed by atoms with van der Waals surface area (Å²) in [6.45, 7) is 0. The third kappa shape index (κ3) is 2.17. The summed E-state index contributed by atoms with van der Waals surface area (Å²) in [5.74, 6) is 0.673. The highest BCUT2D eigenvalue weighted by Crippen LogP contribution is 2.30. The molecule has 0 heterocycles. The molecule has 16 heavy (non-hydrogen) atoms. The zero-order valence-electron chi connectivity index (χ0n) is 8.29. The average Bonchev–Trinajstić information content (AvgIpc) is 2.31. The van der Waals surface area contributed by atoms with Crippen LogP contribution in [0.2, 0.25) is 0 Å². The van der Waals surface area contributed by atoms with Gasteiger partial charge >= 0.3 is 5.69 Å². The van der Waals surface area contributed by atoms with Crippen molar-refractivity contribution in [2.24, 2.45) is 0 Å². The summed E-state index contributed by atoms with van der Waals surface area (Å²) in [4.78, 5) is 10.3. The van der Waals surface area contributed by atoms with Crippen molar-refractivity contribution in [1.29, 1.82) is 0 Å². The van der Waals surface area contributed by atoms with Crippen molar-refractivity contribution < 1.29 is 9.66 Å². The molecule has 2 rings (SSSR count). The minimum atomic E-state index is -0.474. The van der Waals surface area contributed by atoms with Crippen molar-refractivity contribution in [3.05, 3.63) is 64.7 Å². The van der Waals surface area contributed by atoms with E-state index in [1.54, 1.807) is 42.5 Å². The first-order chi connectivity index (χ1) is 7.77. The number of ether oxygens (including phenoxy) is 1. The molecule has 2 aromatic rings. The van der Waals surface area contributed by atoms with E-state index < -0.39 is 4.92 Å². The van der Waals surface area contributed by atoms with Crippen LogP contribution in [0.15, 0.2) is 48.5 Å². The van der Waals surface area contributed by atoms with Gasteiger partial charge in [0.1, 0.15) is 5.75 Å². The molecule has 0 saturated heterocycles. The molecule has 0 aromatic heterocycles. The fraction of sp³-hybridized carbons (Fsp3) is 0. The van der Waals surface area contributed by atoms with Gasteiger partial charge in [0.05, 0.1) is 4.92 Å². The van der Waals surface area contributed by atoms with E-state index >= 15 is 0 Å². The van der Waals surface area contributed by atoms with Crippen molar-refractivity contribution in [3.8, 4) is 11.5 Å². The molecule has 0 bridgehead atoms. The SMILES string of the molecule is O=[N+]([O-])c1ccccc1Oc1[c]cccc1. The van der Waals surface area contributed by atoms with Gasteiger partial charge in [-0.15, -0.1) is 0 Å². The molecule has 79 valence electrons. The fourth-order valence-corrected chi connectivity index (χ4v) is 1.25. The van der Waals surface area contributed by atoms with Gasteiger partial charge in [-0.2, -0.15) is 0 Å². The van der Waals surface area contributed by atoms with Crippen molar-refractivity contribution >= 4 is 5.69 Å². The van der Waals surface area contributed by atoms with Gasteiger partial charge in [-0.1, -0.05) is 30.3 Å². The molecule has 0 spiro atoms. The van der Waals surface area contributed by atoms with E-state index in [4.69, 9.17) is 4.74 Å². The van der Waals surface area contributed by atoms with E-state index in [0.29, 0.717) is 5.75 Å². The van der Waals surface area contributed by atoms with Gasteiger partial charge in [0.15, 0.2) is 0 Å². The normalized spacial score (nSPS) is 9.75. The quantitative estimate of drug-likeness (QED) is 0.582. The molecule has 4 nitrogen and oxygen atoms in total. The Morgan fingerprint density at radius 3 is 2.56 bits per heavy atom. The molecule has 0 fully saturated rings. The zero-order chi connectivity index (χ0) is 11.4. The van der Waals surface area contributed by atoms with Gasteiger partial charge in [0.25, 0.3) is 0 Å². The van der Waals surface area contributed by atoms with Crippen LogP contribution in [0.25, 0.3) is 0 Å². The lowest BCUT2D eigenvalue weighted by Gasteiger charge is -2.04. The lowest BCUT2D eigenvalue weighted by Crippen LogP contribution is -1.92. The monoisotopic (exact) mass is 214 g/mol. The lowest BCUT2D eigenvalue weighted by molar-refractivity contribution is -0.385. The Morgan fingerprint density at radius 2 is 1.88 bits per heavy atom. The Balaban J connectivity index is 2.31. The number of hydrogen-bond acceptors (Lipinski definition) is 3. The smallest absolute Gasteiger partial charge is 0.311 e. The van der Waals surface area contributed by atoms with Crippen LogP contribution in [-0.4, -0.2) is 4.92 Å². The van der Waals surface area contributed by atoms with Crippen LogP contribution >= 0.6 is 0 Å². The molecule has 0 aliphatic heterocycles. The number of nitrogens with zero attached hydrogens (tertiary/aromatic N) is 1. The van der Waals surface area contributed by atoms with E-state index in [-0.39, 0.29) is 11.4 Å². The number of rotatable bonds is 3. The summed E-state index contributed by atoms with van der Waals surface area (Å²) in [5, 5.41) is 10.7. The second kappa shape index (κ2) is 4.44. The molecule has 0 N–H and O–H groups in total. The first-order valence-electron chi connectivity index (χ1n) is 4.65. The second-order valence-corrected chi connectivity index (χ2v) is 3.05. The first-order valence-corrected chi connectivity index (χ1v) is 4.65. The largest absolute Gasteiger partial charge is 0.449 e. The van der Waals surface area contributed by atoms with Crippen LogP contribution in [0.4, 0.5) is 5.69 Å². The zero-order valence-corrected chi connectivity index (χ0v) is 8.29. The number of benzene rings is 2. The molecule has 0 amide bonds. The third-order valence-corrected chi connectivity index (χ3v) is 1.96. The van der Waals surface area contributed by atoms with Crippen molar-refractivity contribution in [1.82, 2.24) is 0 Å². The van der Waals surface area contributed by atoms with Gasteiger partial charge in [0, 0.05) is 12.1 Å². The Bertz CT molecular complexity index is 497. The first kappa shape index (κ1) is 10.2. The molecule has 2 aromatic carbocycles. The van der Waals surface area contributed by atoms with Crippen LogP contribution in [-0.2, 0) is 0 Å². The predicted molar refractivity (Wildman–Crippen MR) is 58.4 cm³/mol. The van der Waals surface area contributed by atoms with Gasteiger partial charge in [0.2, 0.25) is 5.75 Å². The molecule has 0 aliphatic carbocycles. The van der Waals surface area contributed by atoms with Gasteiger partial charge in [-0.3, -0.25) is 10.1 Å². The summed E-state index contributed by atoms with van der Waals surface area (Å²) < 4.78 is 5.37. The van der Waals surface area contributed by atoms with Gasteiger partial charge < -0.3 is 4.74 Å². The Hall–Kier alpha value is -2.36. The highest BCUT2D eigenvalue weighted by atomic mass is 16.6. The third-order valence-electron chi connectivity index (χ3n) is 1.96. The number of para-hydroxylation sites is 3. The minimum Gasteiger partial charge on any atom is -0.449 e. The average molecular weight is 214 g/mol. The van der Waals surface area contributed by atoms with Crippen molar-refractivity contribution in [2.75, 3.05) is 0 Å². The number of nitro benzene ring substituents is 1. The summed E-state index contributed by atoms with van der Waals surface area (Å²) in [6.07, 6.45) is 0.